The number of hydrogen-bond acceptors (Lipinski definition) is 3. The van der Waals surface area contributed by atoms with Crippen molar-refractivity contribution >= 4 is 29.1 Å². The van der Waals surface area contributed by atoms with E-state index in [1.807, 2.05) is 31.2 Å². The van der Waals surface area contributed by atoms with Gasteiger partial charge in [-0.25, -0.2) is 4.68 Å². The molecule has 7 heteroatoms. The Bertz CT molecular complexity index is 1100. The first-order chi connectivity index (χ1) is 14.4. The van der Waals surface area contributed by atoms with Crippen LogP contribution in [0.25, 0.3) is 0 Å². The van der Waals surface area contributed by atoms with Crippen LogP contribution in [0.2, 0.25) is 5.15 Å². The summed E-state index contributed by atoms with van der Waals surface area (Å²) < 4.78 is 1.62. The standard InChI is InChI=1S/C23H23ClN4O2/c1-14-6-8-16(9-7-14)13-28-21(24)20(15(2)27-28)23(30)26-19-5-3-4-17(12-19)22(29)25-18-10-11-18/h3-9,12,18H,10-11,13H2,1-2H3,(H,25,29)(H,26,30). The molecule has 0 unspecified atom stereocenters. The van der Waals surface area contributed by atoms with Crippen molar-refractivity contribution in [3.05, 3.63) is 81.6 Å². The number of aromatic nitrogens is 2. The van der Waals surface area contributed by atoms with Crippen molar-refractivity contribution in [2.75, 3.05) is 5.32 Å². The van der Waals surface area contributed by atoms with E-state index in [1.54, 1.807) is 35.9 Å². The highest BCUT2D eigenvalue weighted by atomic mass is 35.5. The summed E-state index contributed by atoms with van der Waals surface area (Å²) in [7, 11) is 0. The Morgan fingerprint density at radius 1 is 1.10 bits per heavy atom. The molecule has 0 bridgehead atoms. The summed E-state index contributed by atoms with van der Waals surface area (Å²) in [6.07, 6.45) is 2.04. The number of nitrogens with zero attached hydrogens (tertiary/aromatic N) is 2. The molecule has 6 nitrogen and oxygen atoms in total. The molecule has 1 fully saturated rings. The fourth-order valence-corrected chi connectivity index (χ4v) is 3.53. The Hall–Kier alpha value is -3.12. The van der Waals surface area contributed by atoms with Gasteiger partial charge in [0.05, 0.1) is 17.8 Å². The molecule has 0 saturated heterocycles. The summed E-state index contributed by atoms with van der Waals surface area (Å²) in [4.78, 5) is 25.1. The predicted molar refractivity (Wildman–Crippen MR) is 117 cm³/mol. The third-order valence-electron chi connectivity index (χ3n) is 5.04. The molecule has 2 amide bonds. The van der Waals surface area contributed by atoms with Crippen LogP contribution in [0.15, 0.2) is 48.5 Å². The van der Waals surface area contributed by atoms with Crippen molar-refractivity contribution in [2.45, 2.75) is 39.3 Å². The molecule has 1 heterocycles. The lowest BCUT2D eigenvalue weighted by atomic mass is 10.1. The summed E-state index contributed by atoms with van der Waals surface area (Å²) in [6, 6.07) is 15.2. The van der Waals surface area contributed by atoms with E-state index in [-0.39, 0.29) is 23.0 Å². The number of nitrogens with one attached hydrogen (secondary N) is 2. The van der Waals surface area contributed by atoms with E-state index >= 15 is 0 Å². The molecule has 3 aromatic rings. The maximum atomic E-state index is 12.9. The lowest BCUT2D eigenvalue weighted by Crippen LogP contribution is -2.25. The Labute approximate surface area is 180 Å². The van der Waals surface area contributed by atoms with Crippen molar-refractivity contribution in [2.24, 2.45) is 0 Å². The molecule has 30 heavy (non-hydrogen) atoms. The van der Waals surface area contributed by atoms with Crippen LogP contribution < -0.4 is 10.6 Å². The van der Waals surface area contributed by atoms with E-state index in [2.05, 4.69) is 15.7 Å². The molecule has 1 aliphatic carbocycles. The van der Waals surface area contributed by atoms with Crippen LogP contribution in [-0.4, -0.2) is 27.6 Å². The highest BCUT2D eigenvalue weighted by Gasteiger charge is 2.24. The first-order valence-electron chi connectivity index (χ1n) is 9.91. The molecule has 4 rings (SSSR count). The molecule has 154 valence electrons. The van der Waals surface area contributed by atoms with Gasteiger partial charge in [-0.2, -0.15) is 5.10 Å². The van der Waals surface area contributed by atoms with E-state index in [9.17, 15) is 9.59 Å². The van der Waals surface area contributed by atoms with Crippen molar-refractivity contribution in [3.63, 3.8) is 0 Å². The smallest absolute Gasteiger partial charge is 0.260 e. The minimum atomic E-state index is -0.354. The van der Waals surface area contributed by atoms with Gasteiger partial charge in [-0.15, -0.1) is 0 Å². The van der Waals surface area contributed by atoms with Crippen LogP contribution in [0.3, 0.4) is 0 Å². The number of carbonyl (C=O) groups is 2. The quantitative estimate of drug-likeness (QED) is 0.620. The van der Waals surface area contributed by atoms with E-state index in [4.69, 9.17) is 11.6 Å². The second-order valence-electron chi connectivity index (χ2n) is 7.68. The van der Waals surface area contributed by atoms with Gasteiger partial charge in [-0.1, -0.05) is 47.5 Å². The van der Waals surface area contributed by atoms with Crippen molar-refractivity contribution in [1.82, 2.24) is 15.1 Å². The summed E-state index contributed by atoms with van der Waals surface area (Å²) in [5, 5.41) is 10.5. The molecule has 1 aliphatic rings. The number of anilines is 1. The second kappa shape index (κ2) is 8.32. The van der Waals surface area contributed by atoms with Crippen LogP contribution in [0, 0.1) is 13.8 Å². The number of amides is 2. The summed E-state index contributed by atoms with van der Waals surface area (Å²) in [6.45, 7) is 4.26. The number of benzene rings is 2. The Balaban J connectivity index is 1.50. The number of hydrogen-bond donors (Lipinski definition) is 2. The molecule has 0 atom stereocenters. The van der Waals surface area contributed by atoms with Gasteiger partial charge in [-0.05, 0) is 50.5 Å². The van der Waals surface area contributed by atoms with Gasteiger partial charge in [0.2, 0.25) is 0 Å². The van der Waals surface area contributed by atoms with Crippen molar-refractivity contribution in [1.29, 1.82) is 0 Å². The van der Waals surface area contributed by atoms with Crippen molar-refractivity contribution < 1.29 is 9.59 Å². The van der Waals surface area contributed by atoms with Gasteiger partial charge in [-0.3, -0.25) is 9.59 Å². The predicted octanol–water partition coefficient (Wildman–Crippen LogP) is 4.35. The van der Waals surface area contributed by atoms with Gasteiger partial charge in [0.1, 0.15) is 5.15 Å². The van der Waals surface area contributed by atoms with Gasteiger partial charge in [0, 0.05) is 17.3 Å². The van der Waals surface area contributed by atoms with Crippen LogP contribution >= 0.6 is 11.6 Å². The van der Waals surface area contributed by atoms with E-state index in [1.165, 1.54) is 5.56 Å². The van der Waals surface area contributed by atoms with E-state index < -0.39 is 0 Å². The van der Waals surface area contributed by atoms with Crippen LogP contribution in [-0.2, 0) is 6.54 Å². The molecular weight excluding hydrogens is 400 g/mol. The van der Waals surface area contributed by atoms with E-state index in [0.717, 1.165) is 18.4 Å². The molecular formula is C23H23ClN4O2. The maximum Gasteiger partial charge on any atom is 0.260 e. The average molecular weight is 423 g/mol. The average Bonchev–Trinajstić information content (AvgIpc) is 3.48. The van der Waals surface area contributed by atoms with Crippen LogP contribution in [0.4, 0.5) is 5.69 Å². The van der Waals surface area contributed by atoms with E-state index in [0.29, 0.717) is 29.1 Å². The Morgan fingerprint density at radius 2 is 1.83 bits per heavy atom. The molecule has 1 saturated carbocycles. The fraction of sp³-hybridized carbons (Fsp3) is 0.261. The molecule has 2 N–H and O–H groups in total. The van der Waals surface area contributed by atoms with Gasteiger partial charge >= 0.3 is 0 Å². The lowest BCUT2D eigenvalue weighted by molar-refractivity contribution is 0.0949. The Kier molecular flexibility index (Phi) is 5.59. The molecule has 1 aromatic heterocycles. The Morgan fingerprint density at radius 3 is 2.53 bits per heavy atom. The normalized spacial score (nSPS) is 13.2. The third kappa shape index (κ3) is 4.54. The number of rotatable bonds is 6. The first-order valence-corrected chi connectivity index (χ1v) is 10.3. The highest BCUT2D eigenvalue weighted by Crippen LogP contribution is 2.23. The van der Waals surface area contributed by atoms with Gasteiger partial charge in [0.15, 0.2) is 0 Å². The SMILES string of the molecule is Cc1ccc(Cn2nc(C)c(C(=O)Nc3cccc(C(=O)NC4CC4)c3)c2Cl)cc1. The number of carbonyl (C=O) groups excluding carboxylic acids is 2. The minimum Gasteiger partial charge on any atom is -0.349 e. The summed E-state index contributed by atoms with van der Waals surface area (Å²) in [5.41, 5.74) is 4.15. The van der Waals surface area contributed by atoms with Crippen LogP contribution in [0.1, 0.15) is 50.4 Å². The lowest BCUT2D eigenvalue weighted by Gasteiger charge is -2.08. The maximum absolute atomic E-state index is 12.9. The number of aryl methyl sites for hydroxylation is 2. The van der Waals surface area contributed by atoms with Crippen molar-refractivity contribution in [3.8, 4) is 0 Å². The van der Waals surface area contributed by atoms with Gasteiger partial charge in [0.25, 0.3) is 11.8 Å². The molecule has 0 radical (unpaired) electrons. The monoisotopic (exact) mass is 422 g/mol. The third-order valence-corrected chi connectivity index (χ3v) is 5.42. The molecule has 0 aliphatic heterocycles. The fourth-order valence-electron chi connectivity index (χ4n) is 3.21. The number of halogens is 1. The topological polar surface area (TPSA) is 76.0 Å². The zero-order valence-corrected chi connectivity index (χ0v) is 17.7. The first kappa shape index (κ1) is 20.2. The second-order valence-corrected chi connectivity index (χ2v) is 8.04. The molecule has 2 aromatic carbocycles. The minimum absolute atomic E-state index is 0.131. The van der Waals surface area contributed by atoms with Gasteiger partial charge < -0.3 is 10.6 Å². The highest BCUT2D eigenvalue weighted by molar-refractivity contribution is 6.33. The molecule has 0 spiro atoms. The largest absolute Gasteiger partial charge is 0.349 e. The van der Waals surface area contributed by atoms with Crippen LogP contribution in [0.5, 0.6) is 0 Å². The summed E-state index contributed by atoms with van der Waals surface area (Å²) in [5.74, 6) is -0.485. The zero-order valence-electron chi connectivity index (χ0n) is 16.9. The summed E-state index contributed by atoms with van der Waals surface area (Å²) >= 11 is 6.49. The zero-order chi connectivity index (χ0) is 21.3.